The van der Waals surface area contributed by atoms with Gasteiger partial charge in [-0.3, -0.25) is 0 Å². The molecule has 0 aliphatic carbocycles. The second-order valence-electron chi connectivity index (χ2n) is 7.87. The monoisotopic (exact) mass is 342 g/mol. The van der Waals surface area contributed by atoms with Crippen LogP contribution in [0.15, 0.2) is 54.6 Å². The third-order valence-corrected chi connectivity index (χ3v) is 9.36. The Balaban J connectivity index is 2.02. The van der Waals surface area contributed by atoms with Crippen LogP contribution in [0.5, 0.6) is 5.75 Å². The van der Waals surface area contributed by atoms with Gasteiger partial charge in [-0.05, 0) is 48.3 Å². The van der Waals surface area contributed by atoms with E-state index in [1.807, 2.05) is 30.3 Å². The van der Waals surface area contributed by atoms with Crippen molar-refractivity contribution >= 4 is 8.32 Å². The highest BCUT2D eigenvalue weighted by molar-refractivity contribution is 6.74. The van der Waals surface area contributed by atoms with Crippen LogP contribution in [0.2, 0.25) is 18.1 Å². The van der Waals surface area contributed by atoms with Crippen molar-refractivity contribution in [2.24, 2.45) is 0 Å². The maximum absolute atomic E-state index is 6.31. The van der Waals surface area contributed by atoms with Crippen molar-refractivity contribution in [2.75, 3.05) is 0 Å². The van der Waals surface area contributed by atoms with Crippen molar-refractivity contribution in [3.8, 4) is 5.75 Å². The zero-order valence-corrected chi connectivity index (χ0v) is 16.8. The maximum Gasteiger partial charge on any atom is 0.192 e. The van der Waals surface area contributed by atoms with E-state index < -0.39 is 8.32 Å². The van der Waals surface area contributed by atoms with Crippen molar-refractivity contribution in [3.63, 3.8) is 0 Å². The Morgan fingerprint density at radius 2 is 1.62 bits per heavy atom. The van der Waals surface area contributed by atoms with E-state index in [-0.39, 0.29) is 11.1 Å². The number of benzene rings is 2. The molecule has 3 heteroatoms. The van der Waals surface area contributed by atoms with Crippen LogP contribution in [0.3, 0.4) is 0 Å². The lowest BCUT2D eigenvalue weighted by atomic mass is 10.1. The number of ether oxygens (including phenoxy) is 1. The highest BCUT2D eigenvalue weighted by Gasteiger charge is 2.37. The minimum absolute atomic E-state index is 0.0303. The van der Waals surface area contributed by atoms with Gasteiger partial charge in [-0.15, -0.1) is 0 Å². The fourth-order valence-corrected chi connectivity index (χ4v) is 3.15. The largest absolute Gasteiger partial charge is 0.486 e. The highest BCUT2D eigenvalue weighted by atomic mass is 28.4. The Morgan fingerprint density at radius 3 is 2.25 bits per heavy atom. The molecule has 0 saturated carbocycles. The summed E-state index contributed by atoms with van der Waals surface area (Å²) in [6.07, 6.45) is 0.0303. The van der Waals surface area contributed by atoms with Crippen molar-refractivity contribution in [2.45, 2.75) is 58.5 Å². The van der Waals surface area contributed by atoms with E-state index in [2.05, 4.69) is 65.1 Å². The summed E-state index contributed by atoms with van der Waals surface area (Å²) >= 11 is 0. The predicted molar refractivity (Wildman–Crippen MR) is 104 cm³/mol. The molecular formula is C21H30O2Si. The fourth-order valence-electron chi connectivity index (χ4n) is 2.19. The van der Waals surface area contributed by atoms with Gasteiger partial charge in [0.2, 0.25) is 0 Å². The standard InChI is InChI=1S/C21H30O2Si/c1-17(19-12-8-7-9-13-19)23-20-14-10-11-18(15-20)16-22-24(5,6)21(2,3)4/h7-15,17H,16H2,1-6H3. The topological polar surface area (TPSA) is 18.5 Å². The van der Waals surface area contributed by atoms with Gasteiger partial charge in [0.1, 0.15) is 11.9 Å². The van der Waals surface area contributed by atoms with Crippen LogP contribution in [0.1, 0.15) is 44.9 Å². The zero-order valence-electron chi connectivity index (χ0n) is 15.8. The molecule has 0 N–H and O–H groups in total. The lowest BCUT2D eigenvalue weighted by Crippen LogP contribution is -2.40. The summed E-state index contributed by atoms with van der Waals surface area (Å²) in [5, 5.41) is 0.225. The minimum atomic E-state index is -1.73. The summed E-state index contributed by atoms with van der Waals surface area (Å²) in [6.45, 7) is 14.1. The molecule has 0 fully saturated rings. The Labute approximate surface area is 148 Å². The van der Waals surface area contributed by atoms with Gasteiger partial charge in [0.25, 0.3) is 0 Å². The van der Waals surface area contributed by atoms with Crippen molar-refractivity contribution < 1.29 is 9.16 Å². The molecule has 24 heavy (non-hydrogen) atoms. The molecule has 2 nitrogen and oxygen atoms in total. The van der Waals surface area contributed by atoms with Crippen LogP contribution in [-0.4, -0.2) is 8.32 Å². The first-order chi connectivity index (χ1) is 11.2. The van der Waals surface area contributed by atoms with Crippen LogP contribution in [-0.2, 0) is 11.0 Å². The van der Waals surface area contributed by atoms with Gasteiger partial charge in [0.05, 0.1) is 6.61 Å². The SMILES string of the molecule is CC(Oc1cccc(CO[Si](C)(C)C(C)(C)C)c1)c1ccccc1. The number of hydrogen-bond acceptors (Lipinski definition) is 2. The lowest BCUT2D eigenvalue weighted by Gasteiger charge is -2.36. The van der Waals surface area contributed by atoms with E-state index in [0.29, 0.717) is 6.61 Å². The average Bonchev–Trinajstić information content (AvgIpc) is 2.53. The molecule has 0 spiro atoms. The van der Waals surface area contributed by atoms with Gasteiger partial charge in [-0.25, -0.2) is 0 Å². The second kappa shape index (κ2) is 7.54. The summed E-state index contributed by atoms with van der Waals surface area (Å²) < 4.78 is 12.4. The first-order valence-corrected chi connectivity index (χ1v) is 11.5. The molecule has 2 aromatic rings. The maximum atomic E-state index is 6.31. The lowest BCUT2D eigenvalue weighted by molar-refractivity contribution is 0.225. The van der Waals surface area contributed by atoms with Gasteiger partial charge in [0, 0.05) is 0 Å². The van der Waals surface area contributed by atoms with Crippen LogP contribution >= 0.6 is 0 Å². The molecule has 1 unspecified atom stereocenters. The van der Waals surface area contributed by atoms with Crippen LogP contribution in [0, 0.1) is 0 Å². The van der Waals surface area contributed by atoms with Gasteiger partial charge < -0.3 is 9.16 Å². The van der Waals surface area contributed by atoms with E-state index >= 15 is 0 Å². The predicted octanol–water partition coefficient (Wildman–Crippen LogP) is 6.35. The minimum Gasteiger partial charge on any atom is -0.486 e. The summed E-state index contributed by atoms with van der Waals surface area (Å²) in [4.78, 5) is 0. The van der Waals surface area contributed by atoms with Crippen LogP contribution in [0.25, 0.3) is 0 Å². The Kier molecular flexibility index (Phi) is 5.89. The van der Waals surface area contributed by atoms with Crippen LogP contribution < -0.4 is 4.74 Å². The Bertz CT molecular complexity index is 644. The average molecular weight is 343 g/mol. The van der Waals surface area contributed by atoms with Crippen molar-refractivity contribution in [1.29, 1.82) is 0 Å². The summed E-state index contributed by atoms with van der Waals surface area (Å²) in [6, 6.07) is 18.5. The fraction of sp³-hybridized carbons (Fsp3) is 0.429. The molecule has 0 saturated heterocycles. The van der Waals surface area contributed by atoms with Gasteiger partial charge in [-0.2, -0.15) is 0 Å². The van der Waals surface area contributed by atoms with Gasteiger partial charge in [0.15, 0.2) is 8.32 Å². The molecule has 130 valence electrons. The van der Waals surface area contributed by atoms with E-state index in [1.165, 1.54) is 5.56 Å². The first-order valence-electron chi connectivity index (χ1n) is 8.63. The summed E-state index contributed by atoms with van der Waals surface area (Å²) in [5.74, 6) is 0.891. The smallest absolute Gasteiger partial charge is 0.192 e. The molecule has 0 heterocycles. The first kappa shape index (κ1) is 18.8. The molecule has 1 atom stereocenters. The van der Waals surface area contributed by atoms with E-state index in [0.717, 1.165) is 11.3 Å². The molecule has 2 rings (SSSR count). The highest BCUT2D eigenvalue weighted by Crippen LogP contribution is 2.37. The van der Waals surface area contributed by atoms with Gasteiger partial charge in [-0.1, -0.05) is 63.2 Å². The van der Waals surface area contributed by atoms with E-state index in [4.69, 9.17) is 9.16 Å². The molecule has 0 amide bonds. The molecule has 0 aliphatic rings. The molecule has 0 aromatic heterocycles. The van der Waals surface area contributed by atoms with Crippen molar-refractivity contribution in [1.82, 2.24) is 0 Å². The quantitative estimate of drug-likeness (QED) is 0.570. The van der Waals surface area contributed by atoms with Crippen LogP contribution in [0.4, 0.5) is 0 Å². The Morgan fingerprint density at radius 1 is 0.958 bits per heavy atom. The Hall–Kier alpha value is -1.58. The molecule has 0 radical (unpaired) electrons. The molecule has 0 aliphatic heterocycles. The third kappa shape index (κ3) is 4.95. The second-order valence-corrected chi connectivity index (χ2v) is 12.7. The third-order valence-electron chi connectivity index (χ3n) is 4.89. The zero-order chi connectivity index (χ0) is 17.8. The molecular weight excluding hydrogens is 312 g/mol. The number of hydrogen-bond donors (Lipinski definition) is 0. The molecule has 0 bridgehead atoms. The number of rotatable bonds is 6. The van der Waals surface area contributed by atoms with E-state index in [9.17, 15) is 0 Å². The summed E-state index contributed by atoms with van der Waals surface area (Å²) in [7, 11) is -1.73. The van der Waals surface area contributed by atoms with E-state index in [1.54, 1.807) is 0 Å². The summed E-state index contributed by atoms with van der Waals surface area (Å²) in [5.41, 5.74) is 2.35. The van der Waals surface area contributed by atoms with Crippen molar-refractivity contribution in [3.05, 3.63) is 65.7 Å². The normalized spacial score (nSPS) is 13.6. The van der Waals surface area contributed by atoms with Gasteiger partial charge >= 0.3 is 0 Å². The molecule has 2 aromatic carbocycles.